The van der Waals surface area contributed by atoms with Gasteiger partial charge in [-0.15, -0.1) is 0 Å². The van der Waals surface area contributed by atoms with Crippen molar-refractivity contribution in [2.45, 2.75) is 38.0 Å². The van der Waals surface area contributed by atoms with Crippen LogP contribution in [0.25, 0.3) is 0 Å². The summed E-state index contributed by atoms with van der Waals surface area (Å²) >= 11 is 0. The van der Waals surface area contributed by atoms with Crippen molar-refractivity contribution in [3.8, 4) is 0 Å². The fourth-order valence-corrected chi connectivity index (χ4v) is 4.07. The molecule has 0 spiro atoms. The molecular formula is C24H28N2O4. The smallest absolute Gasteiger partial charge is 0.339 e. The quantitative estimate of drug-likeness (QED) is 0.656. The van der Waals surface area contributed by atoms with Crippen molar-refractivity contribution in [1.29, 1.82) is 0 Å². The highest BCUT2D eigenvalue weighted by molar-refractivity contribution is 5.94. The first kappa shape index (κ1) is 20.4. The van der Waals surface area contributed by atoms with E-state index in [4.69, 9.17) is 9.47 Å². The Balaban J connectivity index is 1.49. The highest BCUT2D eigenvalue weighted by Crippen LogP contribution is 2.33. The molecule has 2 aliphatic rings. The Kier molecular flexibility index (Phi) is 6.04. The van der Waals surface area contributed by atoms with Crippen LogP contribution >= 0.6 is 0 Å². The first-order chi connectivity index (χ1) is 14.5. The maximum Gasteiger partial charge on any atom is 0.339 e. The summed E-state index contributed by atoms with van der Waals surface area (Å²) in [6, 6.07) is 15.5. The standard InChI is InChI=1S/C24H28N2O4/c1-25(2)18-11-9-17(10-12-18)15-26(16-19-6-5-13-29-19)23(27)14-22-20-7-3-4-8-21(20)24(28)30-22/h3-4,7-12,19,22H,5-6,13-16H2,1-2H3/t19-,22-/m1/s1. The van der Waals surface area contributed by atoms with Crippen LogP contribution in [0, 0.1) is 0 Å². The van der Waals surface area contributed by atoms with Crippen molar-refractivity contribution in [2.75, 3.05) is 32.1 Å². The van der Waals surface area contributed by atoms with Crippen LogP contribution in [0.5, 0.6) is 0 Å². The number of fused-ring (bicyclic) bond motifs is 1. The van der Waals surface area contributed by atoms with Gasteiger partial charge in [-0.25, -0.2) is 4.79 Å². The lowest BCUT2D eigenvalue weighted by Crippen LogP contribution is -2.37. The molecule has 2 heterocycles. The third kappa shape index (κ3) is 4.49. The van der Waals surface area contributed by atoms with Gasteiger partial charge in [-0.05, 0) is 36.6 Å². The number of ether oxygens (including phenoxy) is 2. The fraction of sp³-hybridized carbons (Fsp3) is 0.417. The van der Waals surface area contributed by atoms with Crippen LogP contribution in [0.15, 0.2) is 48.5 Å². The summed E-state index contributed by atoms with van der Waals surface area (Å²) in [4.78, 5) is 29.3. The van der Waals surface area contributed by atoms with Gasteiger partial charge >= 0.3 is 5.97 Å². The van der Waals surface area contributed by atoms with Gasteiger partial charge in [-0.2, -0.15) is 0 Å². The molecule has 0 aliphatic carbocycles. The third-order valence-corrected chi connectivity index (χ3v) is 5.76. The molecule has 0 saturated carbocycles. The summed E-state index contributed by atoms with van der Waals surface area (Å²) in [7, 11) is 4.01. The molecule has 158 valence electrons. The third-order valence-electron chi connectivity index (χ3n) is 5.76. The molecule has 4 rings (SSSR count). The van der Waals surface area contributed by atoms with E-state index >= 15 is 0 Å². The summed E-state index contributed by atoms with van der Waals surface area (Å²) in [5, 5.41) is 0. The predicted octanol–water partition coefficient (Wildman–Crippen LogP) is 3.56. The second kappa shape index (κ2) is 8.88. The van der Waals surface area contributed by atoms with Crippen molar-refractivity contribution in [3.05, 3.63) is 65.2 Å². The molecule has 0 aromatic heterocycles. The van der Waals surface area contributed by atoms with Crippen LogP contribution in [0.1, 0.15) is 46.9 Å². The number of nitrogens with zero attached hydrogens (tertiary/aromatic N) is 2. The van der Waals surface area contributed by atoms with Gasteiger partial charge in [0.1, 0.15) is 6.10 Å². The predicted molar refractivity (Wildman–Crippen MR) is 114 cm³/mol. The number of hydrogen-bond donors (Lipinski definition) is 0. The molecule has 30 heavy (non-hydrogen) atoms. The van der Waals surface area contributed by atoms with E-state index < -0.39 is 6.10 Å². The summed E-state index contributed by atoms with van der Waals surface area (Å²) in [5.74, 6) is -0.384. The number of carbonyl (C=O) groups excluding carboxylic acids is 2. The number of anilines is 1. The van der Waals surface area contributed by atoms with E-state index in [0.29, 0.717) is 18.7 Å². The van der Waals surface area contributed by atoms with E-state index in [9.17, 15) is 9.59 Å². The minimum atomic E-state index is -0.524. The molecule has 0 unspecified atom stereocenters. The molecule has 1 amide bonds. The molecule has 6 heteroatoms. The number of carbonyl (C=O) groups is 2. The maximum atomic E-state index is 13.3. The van der Waals surface area contributed by atoms with E-state index in [0.717, 1.165) is 36.3 Å². The van der Waals surface area contributed by atoms with Crippen molar-refractivity contribution in [2.24, 2.45) is 0 Å². The number of hydrogen-bond acceptors (Lipinski definition) is 5. The Bertz CT molecular complexity index is 904. The van der Waals surface area contributed by atoms with Crippen molar-refractivity contribution < 1.29 is 19.1 Å². The summed E-state index contributed by atoms with van der Waals surface area (Å²) in [5.41, 5.74) is 3.53. The molecule has 2 aromatic carbocycles. The Morgan fingerprint density at radius 3 is 2.57 bits per heavy atom. The van der Waals surface area contributed by atoms with E-state index in [1.165, 1.54) is 0 Å². The summed E-state index contributed by atoms with van der Waals surface area (Å²) < 4.78 is 11.3. The SMILES string of the molecule is CN(C)c1ccc(CN(C[C@H]2CCCO2)C(=O)C[C@H]2OC(=O)c3ccccc32)cc1. The molecule has 0 N–H and O–H groups in total. The van der Waals surface area contributed by atoms with Crippen LogP contribution in [0.4, 0.5) is 5.69 Å². The van der Waals surface area contributed by atoms with Gasteiger partial charge in [-0.3, -0.25) is 4.79 Å². The van der Waals surface area contributed by atoms with Gasteiger partial charge in [0.05, 0.1) is 18.1 Å². The topological polar surface area (TPSA) is 59.1 Å². The van der Waals surface area contributed by atoms with Crippen molar-refractivity contribution >= 4 is 17.6 Å². The van der Waals surface area contributed by atoms with Crippen LogP contribution in [0.3, 0.4) is 0 Å². The minimum absolute atomic E-state index is 0.0308. The van der Waals surface area contributed by atoms with Crippen LogP contribution in [0.2, 0.25) is 0 Å². The van der Waals surface area contributed by atoms with E-state index in [1.54, 1.807) is 6.07 Å². The number of amides is 1. The van der Waals surface area contributed by atoms with Crippen molar-refractivity contribution in [1.82, 2.24) is 4.90 Å². The van der Waals surface area contributed by atoms with E-state index in [2.05, 4.69) is 24.3 Å². The van der Waals surface area contributed by atoms with Gasteiger partial charge in [-0.1, -0.05) is 30.3 Å². The molecule has 2 aromatic rings. The first-order valence-electron chi connectivity index (χ1n) is 10.5. The van der Waals surface area contributed by atoms with Gasteiger partial charge in [0.15, 0.2) is 0 Å². The van der Waals surface area contributed by atoms with Crippen LogP contribution < -0.4 is 4.90 Å². The second-order valence-electron chi connectivity index (χ2n) is 8.16. The highest BCUT2D eigenvalue weighted by atomic mass is 16.5. The monoisotopic (exact) mass is 408 g/mol. The zero-order valence-corrected chi connectivity index (χ0v) is 17.5. The fourth-order valence-electron chi connectivity index (χ4n) is 4.07. The molecule has 0 bridgehead atoms. The molecule has 1 saturated heterocycles. The first-order valence-corrected chi connectivity index (χ1v) is 10.5. The number of benzene rings is 2. The minimum Gasteiger partial charge on any atom is -0.453 e. The van der Waals surface area contributed by atoms with E-state index in [1.807, 2.05) is 42.1 Å². The molecule has 0 radical (unpaired) electrons. The largest absolute Gasteiger partial charge is 0.453 e. The van der Waals surface area contributed by atoms with Gasteiger partial charge < -0.3 is 19.3 Å². The Morgan fingerprint density at radius 1 is 1.10 bits per heavy atom. The van der Waals surface area contributed by atoms with Crippen LogP contribution in [-0.4, -0.2) is 50.1 Å². The summed E-state index contributed by atoms with van der Waals surface area (Å²) in [6.45, 7) is 1.81. The van der Waals surface area contributed by atoms with E-state index in [-0.39, 0.29) is 24.4 Å². The zero-order valence-electron chi connectivity index (χ0n) is 17.5. The zero-order chi connectivity index (χ0) is 21.1. The van der Waals surface area contributed by atoms with Crippen molar-refractivity contribution in [3.63, 3.8) is 0 Å². The molecular weight excluding hydrogens is 380 g/mol. The molecule has 2 aliphatic heterocycles. The second-order valence-corrected chi connectivity index (χ2v) is 8.16. The molecule has 2 atom stereocenters. The lowest BCUT2D eigenvalue weighted by Gasteiger charge is -2.27. The Labute approximate surface area is 177 Å². The average Bonchev–Trinajstić information content (AvgIpc) is 3.36. The lowest BCUT2D eigenvalue weighted by molar-refractivity contribution is -0.135. The Hall–Kier alpha value is -2.86. The maximum absolute atomic E-state index is 13.3. The van der Waals surface area contributed by atoms with Gasteiger partial charge in [0, 0.05) is 45.0 Å². The lowest BCUT2D eigenvalue weighted by atomic mass is 10.0. The van der Waals surface area contributed by atoms with Crippen LogP contribution in [-0.2, 0) is 20.8 Å². The molecule has 1 fully saturated rings. The number of esters is 1. The molecule has 6 nitrogen and oxygen atoms in total. The highest BCUT2D eigenvalue weighted by Gasteiger charge is 2.34. The number of cyclic esters (lactones) is 1. The summed E-state index contributed by atoms with van der Waals surface area (Å²) in [6.07, 6.45) is 1.67. The normalized spacial score (nSPS) is 20.0. The number of rotatable bonds is 7. The van der Waals surface area contributed by atoms with Gasteiger partial charge in [0.25, 0.3) is 0 Å². The average molecular weight is 408 g/mol. The van der Waals surface area contributed by atoms with Gasteiger partial charge in [0.2, 0.25) is 5.91 Å². The Morgan fingerprint density at radius 2 is 1.87 bits per heavy atom.